The first-order valence-corrected chi connectivity index (χ1v) is 12.4. The van der Waals surface area contributed by atoms with Crippen LogP contribution in [-0.4, -0.2) is 64.3 Å². The molecule has 0 radical (unpaired) electrons. The van der Waals surface area contributed by atoms with E-state index < -0.39 is 11.9 Å². The van der Waals surface area contributed by atoms with Gasteiger partial charge in [0.05, 0.1) is 12.3 Å². The number of likely N-dealkylation sites (tertiary alicyclic amines) is 1. The Morgan fingerprint density at radius 3 is 2.64 bits per heavy atom. The predicted octanol–water partition coefficient (Wildman–Crippen LogP) is 1.99. The van der Waals surface area contributed by atoms with Crippen LogP contribution in [0.3, 0.4) is 0 Å². The second-order valence-electron chi connectivity index (χ2n) is 9.56. The van der Waals surface area contributed by atoms with Gasteiger partial charge in [0, 0.05) is 37.8 Å². The van der Waals surface area contributed by atoms with E-state index in [1.165, 1.54) is 5.56 Å². The van der Waals surface area contributed by atoms with Crippen LogP contribution < -0.4 is 11.1 Å². The number of aryl methyl sites for hydroxylation is 1. The van der Waals surface area contributed by atoms with Gasteiger partial charge in [-0.1, -0.05) is 36.4 Å². The fourth-order valence-electron chi connectivity index (χ4n) is 5.15. The maximum Gasteiger partial charge on any atom is 0.304 e. The largest absolute Gasteiger partial charge is 0.481 e. The van der Waals surface area contributed by atoms with Gasteiger partial charge in [-0.15, -0.1) is 0 Å². The van der Waals surface area contributed by atoms with Crippen LogP contribution in [0.25, 0.3) is 0 Å². The van der Waals surface area contributed by atoms with E-state index >= 15 is 0 Å². The standard InChI is InChI=1S/C27H33N5O4/c28-27(29)31-12-10-19-8-9-20(13-22(19)17-31)25(35)30-16-23-14-21(15-24(33)34)26(36)32(23)11-4-7-18-5-2-1-3-6-18/h1-3,5-6,8-9,13,21,23H,4,7,10-12,14-17H2,(H3,28,29)(H,30,35)(H,33,34)/t21-,23-/m0/s1. The molecule has 2 heterocycles. The fourth-order valence-corrected chi connectivity index (χ4v) is 5.15. The molecule has 4 rings (SSSR count). The number of carboxylic acids is 1. The van der Waals surface area contributed by atoms with Crippen LogP contribution in [0.1, 0.15) is 46.3 Å². The highest BCUT2D eigenvalue weighted by molar-refractivity contribution is 5.94. The molecule has 0 spiro atoms. The lowest BCUT2D eigenvalue weighted by molar-refractivity contribution is -0.142. The molecule has 1 fully saturated rings. The van der Waals surface area contributed by atoms with Gasteiger partial charge >= 0.3 is 5.97 Å². The number of hydrogen-bond donors (Lipinski definition) is 4. The molecule has 0 bridgehead atoms. The third-order valence-electron chi connectivity index (χ3n) is 7.08. The Kier molecular flexibility index (Phi) is 7.87. The molecule has 2 atom stereocenters. The first-order chi connectivity index (χ1) is 17.3. The average molecular weight is 492 g/mol. The molecule has 0 aliphatic carbocycles. The normalized spacial score (nSPS) is 19.2. The highest BCUT2D eigenvalue weighted by atomic mass is 16.4. The molecule has 190 valence electrons. The van der Waals surface area contributed by atoms with Crippen LogP contribution >= 0.6 is 0 Å². The highest BCUT2D eigenvalue weighted by Gasteiger charge is 2.40. The molecule has 9 heteroatoms. The second kappa shape index (κ2) is 11.2. The molecular weight excluding hydrogens is 458 g/mol. The van der Waals surface area contributed by atoms with E-state index in [0.29, 0.717) is 31.6 Å². The van der Waals surface area contributed by atoms with Crippen LogP contribution in [0.2, 0.25) is 0 Å². The third kappa shape index (κ3) is 6.02. The van der Waals surface area contributed by atoms with Crippen molar-refractivity contribution in [3.8, 4) is 0 Å². The summed E-state index contributed by atoms with van der Waals surface area (Å²) in [5.41, 5.74) is 9.46. The summed E-state index contributed by atoms with van der Waals surface area (Å²) >= 11 is 0. The molecule has 2 amide bonds. The second-order valence-corrected chi connectivity index (χ2v) is 9.56. The van der Waals surface area contributed by atoms with E-state index in [1.807, 2.05) is 42.5 Å². The van der Waals surface area contributed by atoms with Gasteiger partial charge in [-0.3, -0.25) is 19.8 Å². The van der Waals surface area contributed by atoms with E-state index in [2.05, 4.69) is 5.32 Å². The molecule has 2 aliphatic rings. The van der Waals surface area contributed by atoms with Crippen molar-refractivity contribution in [3.05, 3.63) is 70.8 Å². The number of nitrogens with one attached hydrogen (secondary N) is 2. The Bertz CT molecular complexity index is 1140. The topological polar surface area (TPSA) is 140 Å². The van der Waals surface area contributed by atoms with Crippen LogP contribution in [0.15, 0.2) is 48.5 Å². The monoisotopic (exact) mass is 491 g/mol. The summed E-state index contributed by atoms with van der Waals surface area (Å²) in [5, 5.41) is 19.9. The zero-order valence-electron chi connectivity index (χ0n) is 20.3. The number of hydrogen-bond acceptors (Lipinski definition) is 4. The number of carbonyl (C=O) groups excluding carboxylic acids is 2. The zero-order valence-corrected chi connectivity index (χ0v) is 20.3. The smallest absolute Gasteiger partial charge is 0.304 e. The van der Waals surface area contributed by atoms with Gasteiger partial charge in [0.25, 0.3) is 5.91 Å². The minimum Gasteiger partial charge on any atom is -0.481 e. The molecule has 0 saturated carbocycles. The van der Waals surface area contributed by atoms with Crippen molar-refractivity contribution in [3.63, 3.8) is 0 Å². The lowest BCUT2D eigenvalue weighted by Gasteiger charge is -2.29. The number of nitrogens with zero attached hydrogens (tertiary/aromatic N) is 2. The van der Waals surface area contributed by atoms with E-state index in [-0.39, 0.29) is 36.8 Å². The number of rotatable bonds is 9. The van der Waals surface area contributed by atoms with Crippen molar-refractivity contribution >= 4 is 23.7 Å². The van der Waals surface area contributed by atoms with Crippen LogP contribution in [0.5, 0.6) is 0 Å². The first-order valence-electron chi connectivity index (χ1n) is 12.4. The molecule has 2 aromatic rings. The van der Waals surface area contributed by atoms with E-state index in [1.54, 1.807) is 15.9 Å². The number of nitrogens with two attached hydrogens (primary N) is 1. The van der Waals surface area contributed by atoms with Crippen molar-refractivity contribution in [1.29, 1.82) is 5.41 Å². The summed E-state index contributed by atoms with van der Waals surface area (Å²) in [4.78, 5) is 40.7. The molecule has 5 N–H and O–H groups in total. The number of carboxylic acid groups (broad SMARTS) is 1. The maximum atomic E-state index is 13.0. The summed E-state index contributed by atoms with van der Waals surface area (Å²) in [5.74, 6) is -1.93. The van der Waals surface area contributed by atoms with E-state index in [0.717, 1.165) is 30.4 Å². The Labute approximate surface area is 210 Å². The lowest BCUT2D eigenvalue weighted by atomic mass is 9.97. The molecule has 2 aromatic carbocycles. The number of fused-ring (bicyclic) bond motifs is 1. The molecule has 36 heavy (non-hydrogen) atoms. The number of guanidine groups is 1. The molecule has 0 unspecified atom stereocenters. The van der Waals surface area contributed by atoms with Gasteiger partial charge in [-0.25, -0.2) is 0 Å². The minimum absolute atomic E-state index is 0.0182. The first kappa shape index (κ1) is 25.2. The Morgan fingerprint density at radius 2 is 1.92 bits per heavy atom. The summed E-state index contributed by atoms with van der Waals surface area (Å²) in [6.07, 6.45) is 2.56. The molecule has 2 aliphatic heterocycles. The molecule has 1 saturated heterocycles. The van der Waals surface area contributed by atoms with Gasteiger partial charge in [0.15, 0.2) is 5.96 Å². The minimum atomic E-state index is -0.990. The van der Waals surface area contributed by atoms with Crippen molar-refractivity contribution in [2.45, 2.75) is 44.7 Å². The van der Waals surface area contributed by atoms with E-state index in [4.69, 9.17) is 11.1 Å². The SMILES string of the molecule is N=C(N)N1CCc2ccc(C(=O)NC[C@@H]3C[C@@H](CC(=O)O)C(=O)N3CCCc3ccccc3)cc2C1. The Hall–Kier alpha value is -3.88. The summed E-state index contributed by atoms with van der Waals surface area (Å²) < 4.78 is 0. The number of aliphatic carboxylic acids is 1. The van der Waals surface area contributed by atoms with Crippen LogP contribution in [-0.2, 0) is 29.0 Å². The molecule has 0 aromatic heterocycles. The quantitative estimate of drug-likeness (QED) is 0.312. The van der Waals surface area contributed by atoms with Gasteiger partial charge in [0.2, 0.25) is 5.91 Å². The lowest BCUT2D eigenvalue weighted by Crippen LogP contribution is -2.42. The maximum absolute atomic E-state index is 13.0. The molecular formula is C27H33N5O4. The van der Waals surface area contributed by atoms with Gasteiger partial charge < -0.3 is 26.0 Å². The highest BCUT2D eigenvalue weighted by Crippen LogP contribution is 2.28. The number of amides is 2. The van der Waals surface area contributed by atoms with Crippen molar-refractivity contribution in [2.75, 3.05) is 19.6 Å². The van der Waals surface area contributed by atoms with Crippen molar-refractivity contribution in [2.24, 2.45) is 11.7 Å². The molecule has 9 nitrogen and oxygen atoms in total. The van der Waals surface area contributed by atoms with Gasteiger partial charge in [0.1, 0.15) is 0 Å². The third-order valence-corrected chi connectivity index (χ3v) is 7.08. The Morgan fingerprint density at radius 1 is 1.14 bits per heavy atom. The summed E-state index contributed by atoms with van der Waals surface area (Å²) in [7, 11) is 0. The fraction of sp³-hybridized carbons (Fsp3) is 0.407. The van der Waals surface area contributed by atoms with E-state index in [9.17, 15) is 19.5 Å². The Balaban J connectivity index is 1.39. The van der Waals surface area contributed by atoms with Gasteiger partial charge in [-0.05, 0) is 54.5 Å². The van der Waals surface area contributed by atoms with Crippen LogP contribution in [0.4, 0.5) is 0 Å². The van der Waals surface area contributed by atoms with Crippen molar-refractivity contribution in [1.82, 2.24) is 15.1 Å². The predicted molar refractivity (Wildman–Crippen MR) is 135 cm³/mol. The van der Waals surface area contributed by atoms with Crippen LogP contribution in [0, 0.1) is 11.3 Å². The van der Waals surface area contributed by atoms with Gasteiger partial charge in [-0.2, -0.15) is 0 Å². The average Bonchev–Trinajstić information content (AvgIpc) is 3.15. The number of benzene rings is 2. The summed E-state index contributed by atoms with van der Waals surface area (Å²) in [6, 6.07) is 15.4. The summed E-state index contributed by atoms with van der Waals surface area (Å²) in [6.45, 7) is 1.96. The zero-order chi connectivity index (χ0) is 25.7. The van der Waals surface area contributed by atoms with Crippen molar-refractivity contribution < 1.29 is 19.5 Å². The number of carbonyl (C=O) groups is 3.